The number of aromatic nitrogens is 1. The van der Waals surface area contributed by atoms with Crippen LogP contribution in [-0.2, 0) is 4.79 Å². The lowest BCUT2D eigenvalue weighted by Gasteiger charge is -2.39. The van der Waals surface area contributed by atoms with Gasteiger partial charge in [-0.15, -0.1) is 0 Å². The number of piperidine rings is 1. The van der Waals surface area contributed by atoms with Crippen molar-refractivity contribution in [3.63, 3.8) is 0 Å². The van der Waals surface area contributed by atoms with Gasteiger partial charge in [-0.25, -0.2) is 4.98 Å². The lowest BCUT2D eigenvalue weighted by atomic mass is 9.89. The molecule has 0 aliphatic carbocycles. The van der Waals surface area contributed by atoms with E-state index in [0.717, 1.165) is 18.8 Å². The molecule has 2 N–H and O–H groups in total. The molecule has 0 bridgehead atoms. The third-order valence-corrected chi connectivity index (χ3v) is 3.52. The van der Waals surface area contributed by atoms with E-state index in [-0.39, 0.29) is 12.3 Å². The summed E-state index contributed by atoms with van der Waals surface area (Å²) in [5.74, 6) is 0.557. The van der Waals surface area contributed by atoms with Gasteiger partial charge in [-0.2, -0.15) is 5.26 Å². The number of nitrogens with zero attached hydrogens (tertiary/aromatic N) is 3. The molecule has 1 aliphatic rings. The Hall–Kier alpha value is -2.13. The summed E-state index contributed by atoms with van der Waals surface area (Å²) < 4.78 is 0. The summed E-state index contributed by atoms with van der Waals surface area (Å²) in [6.07, 6.45) is 3.01. The highest BCUT2D eigenvalue weighted by atomic mass is 16.3. The van der Waals surface area contributed by atoms with Gasteiger partial charge in [0.1, 0.15) is 11.9 Å². The van der Waals surface area contributed by atoms with Gasteiger partial charge in [-0.05, 0) is 25.0 Å². The van der Waals surface area contributed by atoms with E-state index in [1.54, 1.807) is 19.2 Å². The van der Waals surface area contributed by atoms with Crippen LogP contribution in [0.3, 0.4) is 0 Å². The van der Waals surface area contributed by atoms with Crippen LogP contribution in [0.5, 0.6) is 0 Å². The molecule has 1 unspecified atom stereocenters. The minimum Gasteiger partial charge on any atom is -0.388 e. The Morgan fingerprint density at radius 1 is 1.65 bits per heavy atom. The van der Waals surface area contributed by atoms with Gasteiger partial charge in [-0.1, -0.05) is 0 Å². The molecule has 1 saturated heterocycles. The van der Waals surface area contributed by atoms with Crippen molar-refractivity contribution in [2.45, 2.75) is 24.9 Å². The average Bonchev–Trinajstić information content (AvgIpc) is 2.47. The highest BCUT2D eigenvalue weighted by Crippen LogP contribution is 2.27. The Bertz CT molecular complexity index is 523. The van der Waals surface area contributed by atoms with Crippen molar-refractivity contribution in [3.8, 4) is 6.07 Å². The van der Waals surface area contributed by atoms with Crippen molar-refractivity contribution in [1.29, 1.82) is 5.26 Å². The molecular formula is C14H18N4O2. The van der Waals surface area contributed by atoms with Crippen LogP contribution >= 0.6 is 0 Å². The fourth-order valence-corrected chi connectivity index (χ4v) is 2.48. The van der Waals surface area contributed by atoms with Gasteiger partial charge in [0, 0.05) is 26.3 Å². The fourth-order valence-electron chi connectivity index (χ4n) is 2.48. The summed E-state index contributed by atoms with van der Waals surface area (Å²) in [5.41, 5.74) is -0.514. The van der Waals surface area contributed by atoms with E-state index in [1.165, 1.54) is 6.20 Å². The second kappa shape index (κ2) is 5.88. The maximum atomic E-state index is 11.5. The summed E-state index contributed by atoms with van der Waals surface area (Å²) in [4.78, 5) is 17.7. The predicted molar refractivity (Wildman–Crippen MR) is 74.0 cm³/mol. The van der Waals surface area contributed by atoms with E-state index in [2.05, 4.69) is 10.3 Å². The summed E-state index contributed by atoms with van der Waals surface area (Å²) in [5, 5.41) is 21.8. The number of anilines is 1. The molecule has 1 aromatic rings. The van der Waals surface area contributed by atoms with Crippen molar-refractivity contribution in [1.82, 2.24) is 10.3 Å². The van der Waals surface area contributed by atoms with Crippen LogP contribution in [0.1, 0.15) is 24.8 Å². The van der Waals surface area contributed by atoms with Crippen LogP contribution in [0.15, 0.2) is 18.3 Å². The van der Waals surface area contributed by atoms with Crippen molar-refractivity contribution in [3.05, 3.63) is 23.9 Å². The lowest BCUT2D eigenvalue weighted by molar-refractivity contribution is -0.125. The van der Waals surface area contributed by atoms with Crippen molar-refractivity contribution >= 4 is 11.7 Å². The normalized spacial score (nSPS) is 22.1. The Labute approximate surface area is 118 Å². The number of nitrogens with one attached hydrogen (secondary N) is 1. The number of pyridine rings is 1. The zero-order chi connectivity index (χ0) is 14.6. The second-order valence-corrected chi connectivity index (χ2v) is 5.12. The molecule has 1 fully saturated rings. The number of nitriles is 1. The molecule has 1 aliphatic heterocycles. The Morgan fingerprint density at radius 2 is 2.45 bits per heavy atom. The quantitative estimate of drug-likeness (QED) is 0.834. The zero-order valence-corrected chi connectivity index (χ0v) is 11.5. The van der Waals surface area contributed by atoms with Gasteiger partial charge in [0.15, 0.2) is 0 Å². The third kappa shape index (κ3) is 3.25. The highest BCUT2D eigenvalue weighted by Gasteiger charge is 2.35. The highest BCUT2D eigenvalue weighted by molar-refractivity contribution is 5.76. The third-order valence-electron chi connectivity index (χ3n) is 3.52. The maximum absolute atomic E-state index is 11.5. The van der Waals surface area contributed by atoms with Crippen molar-refractivity contribution in [2.75, 3.05) is 25.0 Å². The number of aliphatic hydroxyl groups is 1. The molecule has 1 atom stereocenters. The largest absolute Gasteiger partial charge is 0.388 e. The van der Waals surface area contributed by atoms with E-state index in [1.807, 2.05) is 11.0 Å². The van der Waals surface area contributed by atoms with E-state index in [0.29, 0.717) is 18.5 Å². The van der Waals surface area contributed by atoms with Crippen LogP contribution in [-0.4, -0.2) is 41.7 Å². The SMILES string of the molecule is CNC(=O)CC1(O)CCCN(c2ccc(C#N)cn2)C1. The molecule has 0 saturated carbocycles. The molecule has 0 radical (unpaired) electrons. The number of amides is 1. The second-order valence-electron chi connectivity index (χ2n) is 5.12. The number of β-amino-alcohol motifs (C(OH)–C–C–N with tert-alkyl or cyclic N) is 1. The van der Waals surface area contributed by atoms with Crippen LogP contribution in [0, 0.1) is 11.3 Å². The van der Waals surface area contributed by atoms with E-state index < -0.39 is 5.60 Å². The van der Waals surface area contributed by atoms with Crippen molar-refractivity contribution < 1.29 is 9.90 Å². The summed E-state index contributed by atoms with van der Waals surface area (Å²) in [6.45, 7) is 1.16. The number of rotatable bonds is 3. The topological polar surface area (TPSA) is 89.2 Å². The van der Waals surface area contributed by atoms with E-state index >= 15 is 0 Å². The van der Waals surface area contributed by atoms with Gasteiger partial charge in [0.2, 0.25) is 5.91 Å². The Balaban J connectivity index is 2.09. The molecule has 1 aromatic heterocycles. The average molecular weight is 274 g/mol. The Kier molecular flexibility index (Phi) is 4.20. The van der Waals surface area contributed by atoms with Gasteiger partial charge in [0.05, 0.1) is 17.6 Å². The van der Waals surface area contributed by atoms with E-state index in [4.69, 9.17) is 5.26 Å². The molecule has 2 rings (SSSR count). The molecule has 0 spiro atoms. The number of hydrogen-bond acceptors (Lipinski definition) is 5. The number of carbonyl (C=O) groups excluding carboxylic acids is 1. The summed E-state index contributed by atoms with van der Waals surface area (Å²) >= 11 is 0. The molecule has 1 amide bonds. The Morgan fingerprint density at radius 3 is 3.05 bits per heavy atom. The fraction of sp³-hybridized carbons (Fsp3) is 0.500. The standard InChI is InChI=1S/C14H18N4O2/c1-16-13(19)7-14(20)5-2-6-18(10-14)12-4-3-11(8-15)9-17-12/h3-4,9,20H,2,5-7,10H2,1H3,(H,16,19). The molecule has 6 heteroatoms. The first-order valence-corrected chi connectivity index (χ1v) is 6.60. The van der Waals surface area contributed by atoms with Crippen LogP contribution in [0.2, 0.25) is 0 Å². The number of hydrogen-bond donors (Lipinski definition) is 2. The summed E-state index contributed by atoms with van der Waals surface area (Å²) in [6, 6.07) is 5.49. The van der Waals surface area contributed by atoms with Crippen LogP contribution in [0.25, 0.3) is 0 Å². The van der Waals surface area contributed by atoms with E-state index in [9.17, 15) is 9.90 Å². The molecule has 20 heavy (non-hydrogen) atoms. The first-order chi connectivity index (χ1) is 9.56. The van der Waals surface area contributed by atoms with Gasteiger partial charge in [-0.3, -0.25) is 4.79 Å². The smallest absolute Gasteiger partial charge is 0.222 e. The van der Waals surface area contributed by atoms with Crippen molar-refractivity contribution in [2.24, 2.45) is 0 Å². The molecule has 106 valence electrons. The molecular weight excluding hydrogens is 256 g/mol. The first-order valence-electron chi connectivity index (χ1n) is 6.60. The maximum Gasteiger partial charge on any atom is 0.222 e. The summed E-state index contributed by atoms with van der Waals surface area (Å²) in [7, 11) is 1.56. The monoisotopic (exact) mass is 274 g/mol. The molecule has 2 heterocycles. The predicted octanol–water partition coefficient (Wildman–Crippen LogP) is 0.421. The number of carbonyl (C=O) groups is 1. The first kappa shape index (κ1) is 14.3. The molecule has 0 aromatic carbocycles. The molecule has 6 nitrogen and oxygen atoms in total. The minimum atomic E-state index is -1.02. The zero-order valence-electron chi connectivity index (χ0n) is 11.5. The van der Waals surface area contributed by atoms with Gasteiger partial charge >= 0.3 is 0 Å². The van der Waals surface area contributed by atoms with Gasteiger partial charge < -0.3 is 15.3 Å². The minimum absolute atomic E-state index is 0.0935. The van der Waals surface area contributed by atoms with Crippen LogP contribution in [0.4, 0.5) is 5.82 Å². The van der Waals surface area contributed by atoms with Crippen LogP contribution < -0.4 is 10.2 Å². The van der Waals surface area contributed by atoms with Gasteiger partial charge in [0.25, 0.3) is 0 Å². The lowest BCUT2D eigenvalue weighted by Crippen LogP contribution is -2.50.